The van der Waals surface area contributed by atoms with Gasteiger partial charge in [-0.1, -0.05) is 11.8 Å². The quantitative estimate of drug-likeness (QED) is 0.674. The summed E-state index contributed by atoms with van der Waals surface area (Å²) < 4.78 is 4.87. The summed E-state index contributed by atoms with van der Waals surface area (Å²) in [6, 6.07) is 5.04. The van der Waals surface area contributed by atoms with Gasteiger partial charge in [0.2, 0.25) is 5.91 Å². The Morgan fingerprint density at radius 2 is 2.31 bits per heavy atom. The molecule has 2 rings (SSSR count). The first-order valence-electron chi connectivity index (χ1n) is 4.55. The Balaban J connectivity index is 2.34. The first kappa shape index (κ1) is 10.1. The summed E-state index contributed by atoms with van der Waals surface area (Å²) in [6.45, 7) is 0. The van der Waals surface area contributed by atoms with Crippen molar-refractivity contribution in [2.75, 3.05) is 0 Å². The molecule has 5 heteroatoms. The van der Waals surface area contributed by atoms with Crippen LogP contribution < -0.4 is 11.5 Å². The highest BCUT2D eigenvalue weighted by Crippen LogP contribution is 2.11. The highest BCUT2D eigenvalue weighted by atomic mass is 16.4. The van der Waals surface area contributed by atoms with Crippen LogP contribution in [0.1, 0.15) is 12.0 Å². The topological polar surface area (TPSA) is 89.1 Å². The van der Waals surface area contributed by atoms with E-state index in [2.05, 4.69) is 16.8 Å². The number of oxazole rings is 1. The van der Waals surface area contributed by atoms with E-state index in [4.69, 9.17) is 10.2 Å². The minimum Gasteiger partial charge on any atom is -0.408 e. The third-order valence-electron chi connectivity index (χ3n) is 1.92. The van der Waals surface area contributed by atoms with Gasteiger partial charge < -0.3 is 10.2 Å². The van der Waals surface area contributed by atoms with Crippen molar-refractivity contribution in [3.63, 3.8) is 0 Å². The fraction of sp³-hybridized carbons (Fsp3) is 0.0909. The lowest BCUT2D eigenvalue weighted by Gasteiger charge is -1.89. The molecule has 1 aromatic carbocycles. The Bertz CT molecular complexity index is 655. The van der Waals surface area contributed by atoms with Gasteiger partial charge in [-0.05, 0) is 18.2 Å². The molecule has 0 saturated heterocycles. The van der Waals surface area contributed by atoms with Crippen molar-refractivity contribution in [1.82, 2.24) is 4.98 Å². The zero-order chi connectivity index (χ0) is 11.5. The summed E-state index contributed by atoms with van der Waals surface area (Å²) in [4.78, 5) is 23.9. The third-order valence-corrected chi connectivity index (χ3v) is 1.92. The van der Waals surface area contributed by atoms with Crippen LogP contribution >= 0.6 is 0 Å². The molecule has 1 aromatic heterocycles. The molecule has 80 valence electrons. The zero-order valence-corrected chi connectivity index (χ0v) is 8.24. The Morgan fingerprint density at radius 1 is 1.50 bits per heavy atom. The fourth-order valence-electron chi connectivity index (χ4n) is 1.26. The van der Waals surface area contributed by atoms with E-state index < -0.39 is 11.7 Å². The molecule has 1 amide bonds. The molecule has 1 heterocycles. The second-order valence-corrected chi connectivity index (χ2v) is 3.17. The van der Waals surface area contributed by atoms with Crippen molar-refractivity contribution in [2.24, 2.45) is 5.73 Å². The highest BCUT2D eigenvalue weighted by Gasteiger charge is 2.00. The van der Waals surface area contributed by atoms with Crippen molar-refractivity contribution in [2.45, 2.75) is 6.42 Å². The van der Waals surface area contributed by atoms with E-state index in [1.165, 1.54) is 0 Å². The third kappa shape index (κ3) is 2.12. The molecule has 16 heavy (non-hydrogen) atoms. The van der Waals surface area contributed by atoms with Crippen LogP contribution in [0.25, 0.3) is 11.1 Å². The van der Waals surface area contributed by atoms with Crippen LogP contribution in [0.15, 0.2) is 27.4 Å². The Labute approximate surface area is 90.2 Å². The standard InChI is InChI=1S/C11H8N2O3/c12-10(14)3-1-2-7-4-5-8-9(6-7)16-11(15)13-8/h4-6H,3H2,(H2,12,14)(H,13,15). The lowest BCUT2D eigenvalue weighted by Crippen LogP contribution is -2.08. The van der Waals surface area contributed by atoms with E-state index in [1.54, 1.807) is 18.2 Å². The second kappa shape index (κ2) is 3.95. The predicted molar refractivity (Wildman–Crippen MR) is 57.5 cm³/mol. The molecule has 0 aliphatic heterocycles. The zero-order valence-electron chi connectivity index (χ0n) is 8.24. The normalized spacial score (nSPS) is 9.75. The van der Waals surface area contributed by atoms with Gasteiger partial charge in [0.05, 0.1) is 11.9 Å². The van der Waals surface area contributed by atoms with E-state index in [0.717, 1.165) is 0 Å². The number of carbonyl (C=O) groups excluding carboxylic acids is 1. The molecule has 0 aliphatic carbocycles. The van der Waals surface area contributed by atoms with Gasteiger partial charge in [0.15, 0.2) is 5.58 Å². The van der Waals surface area contributed by atoms with E-state index in [-0.39, 0.29) is 6.42 Å². The highest BCUT2D eigenvalue weighted by molar-refractivity contribution is 5.77. The number of nitrogens with two attached hydrogens (primary N) is 1. The number of hydrogen-bond donors (Lipinski definition) is 2. The number of fused-ring (bicyclic) bond motifs is 1. The number of H-pyrrole nitrogens is 1. The first-order valence-corrected chi connectivity index (χ1v) is 4.55. The van der Waals surface area contributed by atoms with Crippen LogP contribution in [0.5, 0.6) is 0 Å². The lowest BCUT2D eigenvalue weighted by atomic mass is 10.2. The van der Waals surface area contributed by atoms with Crippen LogP contribution in [0.2, 0.25) is 0 Å². The molecule has 0 fully saturated rings. The molecule has 0 saturated carbocycles. The monoisotopic (exact) mass is 216 g/mol. The molecule has 0 spiro atoms. The van der Waals surface area contributed by atoms with Gasteiger partial charge in [-0.3, -0.25) is 9.78 Å². The fourth-order valence-corrected chi connectivity index (χ4v) is 1.26. The maximum absolute atomic E-state index is 10.9. The Hall–Kier alpha value is -2.48. The van der Waals surface area contributed by atoms with Crippen molar-refractivity contribution in [3.8, 4) is 11.8 Å². The van der Waals surface area contributed by atoms with E-state index >= 15 is 0 Å². The maximum atomic E-state index is 10.9. The second-order valence-electron chi connectivity index (χ2n) is 3.17. The molecular weight excluding hydrogens is 208 g/mol. The molecule has 0 unspecified atom stereocenters. The number of carbonyl (C=O) groups is 1. The van der Waals surface area contributed by atoms with Gasteiger partial charge in [-0.2, -0.15) is 0 Å². The van der Waals surface area contributed by atoms with Crippen LogP contribution in [-0.4, -0.2) is 10.9 Å². The number of amides is 1. The molecule has 3 N–H and O–H groups in total. The predicted octanol–water partition coefficient (Wildman–Crippen LogP) is 0.348. The first-order chi connectivity index (χ1) is 7.65. The molecule has 0 bridgehead atoms. The van der Waals surface area contributed by atoms with E-state index in [0.29, 0.717) is 16.7 Å². The van der Waals surface area contributed by atoms with Gasteiger partial charge >= 0.3 is 5.76 Å². The largest absolute Gasteiger partial charge is 0.417 e. The Kier molecular flexibility index (Phi) is 2.48. The molecule has 0 atom stereocenters. The van der Waals surface area contributed by atoms with Crippen LogP contribution in [0.4, 0.5) is 0 Å². The average molecular weight is 216 g/mol. The average Bonchev–Trinajstić information content (AvgIpc) is 2.56. The number of rotatable bonds is 1. The molecule has 2 aromatic rings. The van der Waals surface area contributed by atoms with Crippen LogP contribution in [-0.2, 0) is 4.79 Å². The summed E-state index contributed by atoms with van der Waals surface area (Å²) >= 11 is 0. The van der Waals surface area contributed by atoms with Crippen molar-refractivity contribution >= 4 is 17.0 Å². The van der Waals surface area contributed by atoms with Gasteiger partial charge in [0, 0.05) is 5.56 Å². The summed E-state index contributed by atoms with van der Waals surface area (Å²) in [7, 11) is 0. The summed E-state index contributed by atoms with van der Waals surface area (Å²) in [5.41, 5.74) is 6.66. The van der Waals surface area contributed by atoms with Gasteiger partial charge in [0.25, 0.3) is 0 Å². The number of hydrogen-bond acceptors (Lipinski definition) is 3. The van der Waals surface area contributed by atoms with Crippen molar-refractivity contribution in [3.05, 3.63) is 34.3 Å². The van der Waals surface area contributed by atoms with Crippen LogP contribution in [0, 0.1) is 11.8 Å². The number of nitrogens with one attached hydrogen (secondary N) is 1. The smallest absolute Gasteiger partial charge is 0.408 e. The van der Waals surface area contributed by atoms with Gasteiger partial charge in [-0.15, -0.1) is 0 Å². The van der Waals surface area contributed by atoms with E-state index in [1.807, 2.05) is 0 Å². The summed E-state index contributed by atoms with van der Waals surface area (Å²) in [5.74, 6) is 4.40. The summed E-state index contributed by atoms with van der Waals surface area (Å²) in [6.07, 6.45) is 0.00905. The molecule has 0 radical (unpaired) electrons. The van der Waals surface area contributed by atoms with Gasteiger partial charge in [-0.25, -0.2) is 4.79 Å². The lowest BCUT2D eigenvalue weighted by molar-refractivity contribution is -0.117. The summed E-state index contributed by atoms with van der Waals surface area (Å²) in [5, 5.41) is 0. The SMILES string of the molecule is NC(=O)CC#Cc1ccc2[nH]c(=O)oc2c1. The van der Waals surface area contributed by atoms with E-state index in [9.17, 15) is 9.59 Å². The number of primary amides is 1. The minimum absolute atomic E-state index is 0.00905. The number of benzene rings is 1. The molecule has 0 aliphatic rings. The Morgan fingerprint density at radius 3 is 3.06 bits per heavy atom. The minimum atomic E-state index is -0.503. The number of aromatic nitrogens is 1. The van der Waals surface area contributed by atoms with Crippen molar-refractivity contribution < 1.29 is 9.21 Å². The maximum Gasteiger partial charge on any atom is 0.417 e. The van der Waals surface area contributed by atoms with Crippen LogP contribution in [0.3, 0.4) is 0 Å². The molecular formula is C11H8N2O3. The number of aromatic amines is 1. The van der Waals surface area contributed by atoms with Crippen molar-refractivity contribution in [1.29, 1.82) is 0 Å². The molecule has 5 nitrogen and oxygen atoms in total. The van der Waals surface area contributed by atoms with Gasteiger partial charge in [0.1, 0.15) is 0 Å².